The summed E-state index contributed by atoms with van der Waals surface area (Å²) in [5.41, 5.74) is 1.73. The summed E-state index contributed by atoms with van der Waals surface area (Å²) in [6.45, 7) is 1.93. The maximum absolute atomic E-state index is 11.9. The number of amides is 1. The minimum atomic E-state index is -0.881. The highest BCUT2D eigenvalue weighted by atomic mass is 79.9. The third kappa shape index (κ3) is 2.56. The van der Waals surface area contributed by atoms with Gasteiger partial charge in [0.15, 0.2) is 0 Å². The lowest BCUT2D eigenvalue weighted by Crippen LogP contribution is -2.41. The molecule has 2 rings (SSSR count). The summed E-state index contributed by atoms with van der Waals surface area (Å²) in [7, 11) is 0. The van der Waals surface area contributed by atoms with Crippen LogP contribution >= 0.6 is 15.9 Å². The Morgan fingerprint density at radius 2 is 2.00 bits per heavy atom. The second kappa shape index (κ2) is 5.10. The molecule has 4 nitrogen and oxygen atoms in total. The van der Waals surface area contributed by atoms with Gasteiger partial charge in [-0.25, -0.2) is 0 Å². The molecule has 96 valence electrons. The van der Waals surface area contributed by atoms with Crippen LogP contribution in [0.4, 0.5) is 5.69 Å². The fraction of sp³-hybridized carbons (Fsp3) is 0.385. The zero-order chi connectivity index (χ0) is 13.3. The number of rotatable bonds is 3. The predicted octanol–water partition coefficient (Wildman–Crippen LogP) is 2.81. The molecular formula is C13H14BrNO3. The zero-order valence-electron chi connectivity index (χ0n) is 9.94. The van der Waals surface area contributed by atoms with Gasteiger partial charge in [0.2, 0.25) is 5.91 Å². The largest absolute Gasteiger partial charge is 0.481 e. The Balaban J connectivity index is 2.03. The topological polar surface area (TPSA) is 66.4 Å². The fourth-order valence-corrected chi connectivity index (χ4v) is 2.31. The quantitative estimate of drug-likeness (QED) is 0.902. The maximum atomic E-state index is 11.9. The Bertz CT molecular complexity index is 501. The molecule has 0 radical (unpaired) electrons. The summed E-state index contributed by atoms with van der Waals surface area (Å²) in [6, 6.07) is 5.51. The Morgan fingerprint density at radius 1 is 1.33 bits per heavy atom. The van der Waals surface area contributed by atoms with Crippen LogP contribution in [-0.2, 0) is 9.59 Å². The molecule has 0 saturated heterocycles. The van der Waals surface area contributed by atoms with Gasteiger partial charge in [-0.1, -0.05) is 15.9 Å². The summed E-state index contributed by atoms with van der Waals surface area (Å²) in [4.78, 5) is 22.8. The smallest absolute Gasteiger partial charge is 0.307 e. The molecule has 1 saturated carbocycles. The van der Waals surface area contributed by atoms with Crippen molar-refractivity contribution in [3.63, 3.8) is 0 Å². The molecule has 0 spiro atoms. The first kappa shape index (κ1) is 13.1. The van der Waals surface area contributed by atoms with Gasteiger partial charge in [-0.3, -0.25) is 9.59 Å². The van der Waals surface area contributed by atoms with Crippen molar-refractivity contribution in [1.29, 1.82) is 0 Å². The van der Waals surface area contributed by atoms with Crippen LogP contribution in [0.5, 0.6) is 0 Å². The van der Waals surface area contributed by atoms with E-state index in [1.54, 1.807) is 6.07 Å². The molecule has 1 aliphatic rings. The van der Waals surface area contributed by atoms with E-state index < -0.39 is 17.8 Å². The van der Waals surface area contributed by atoms with Crippen LogP contribution in [0.1, 0.15) is 18.4 Å². The number of carbonyl (C=O) groups is 2. The minimum absolute atomic E-state index is 0.199. The van der Waals surface area contributed by atoms with Crippen molar-refractivity contribution in [2.45, 2.75) is 19.8 Å². The van der Waals surface area contributed by atoms with Crippen LogP contribution in [0.25, 0.3) is 0 Å². The van der Waals surface area contributed by atoms with Crippen LogP contribution in [0.15, 0.2) is 22.7 Å². The Labute approximate surface area is 114 Å². The second-order valence-electron chi connectivity index (χ2n) is 4.58. The number of carboxylic acid groups (broad SMARTS) is 1. The van der Waals surface area contributed by atoms with Crippen LogP contribution < -0.4 is 5.32 Å². The van der Waals surface area contributed by atoms with Gasteiger partial charge in [0.05, 0.1) is 11.8 Å². The zero-order valence-corrected chi connectivity index (χ0v) is 11.5. The van der Waals surface area contributed by atoms with Gasteiger partial charge in [-0.15, -0.1) is 0 Å². The van der Waals surface area contributed by atoms with Crippen molar-refractivity contribution in [2.24, 2.45) is 11.8 Å². The van der Waals surface area contributed by atoms with Crippen molar-refractivity contribution < 1.29 is 14.7 Å². The molecular weight excluding hydrogens is 298 g/mol. The summed E-state index contributed by atoms with van der Waals surface area (Å²) in [5, 5.41) is 11.7. The van der Waals surface area contributed by atoms with Crippen LogP contribution in [0.2, 0.25) is 0 Å². The third-order valence-electron chi connectivity index (χ3n) is 3.35. The molecule has 2 N–H and O–H groups in total. The molecule has 0 aliphatic heterocycles. The van der Waals surface area contributed by atoms with E-state index in [4.69, 9.17) is 5.11 Å². The van der Waals surface area contributed by atoms with Crippen LogP contribution in [-0.4, -0.2) is 17.0 Å². The molecule has 1 aromatic rings. The van der Waals surface area contributed by atoms with Crippen molar-refractivity contribution >= 4 is 33.5 Å². The normalized spacial score (nSPS) is 22.1. The fourth-order valence-electron chi connectivity index (χ4n) is 2.07. The van der Waals surface area contributed by atoms with Crippen LogP contribution in [0, 0.1) is 18.8 Å². The Kier molecular flexibility index (Phi) is 3.71. The number of nitrogens with one attached hydrogen (secondary N) is 1. The maximum Gasteiger partial charge on any atom is 0.307 e. The first-order chi connectivity index (χ1) is 8.49. The van der Waals surface area contributed by atoms with E-state index in [1.165, 1.54) is 0 Å². The molecule has 0 heterocycles. The molecule has 2 atom stereocenters. The number of carboxylic acids is 1. The van der Waals surface area contributed by atoms with Gasteiger partial charge in [-0.2, -0.15) is 0 Å². The number of halogens is 1. The number of aliphatic carboxylic acids is 1. The lowest BCUT2D eigenvalue weighted by molar-refractivity contribution is -0.151. The molecule has 1 aromatic carbocycles. The number of hydrogen-bond acceptors (Lipinski definition) is 2. The number of aryl methyl sites for hydroxylation is 1. The Morgan fingerprint density at radius 3 is 2.50 bits per heavy atom. The van der Waals surface area contributed by atoms with Crippen molar-refractivity contribution in [3.05, 3.63) is 28.2 Å². The summed E-state index contributed by atoms with van der Waals surface area (Å²) < 4.78 is 0.979. The predicted molar refractivity (Wildman–Crippen MR) is 71.4 cm³/mol. The summed E-state index contributed by atoms with van der Waals surface area (Å²) >= 11 is 3.39. The molecule has 0 aromatic heterocycles. The number of carbonyl (C=O) groups excluding carboxylic acids is 1. The van der Waals surface area contributed by atoms with Crippen molar-refractivity contribution in [2.75, 3.05) is 5.32 Å². The average molecular weight is 312 g/mol. The standard InChI is InChI=1S/C13H14BrNO3/c1-7-6-8(2-5-11(7)14)15-12(16)9-3-4-10(9)13(17)18/h2,5-6,9-10H,3-4H2,1H3,(H,15,16)(H,17,18). The lowest BCUT2D eigenvalue weighted by Gasteiger charge is -2.31. The summed E-state index contributed by atoms with van der Waals surface area (Å²) in [5.74, 6) is -2.00. The van der Waals surface area contributed by atoms with Crippen LogP contribution in [0.3, 0.4) is 0 Å². The van der Waals surface area contributed by atoms with Gasteiger partial charge in [0, 0.05) is 10.2 Å². The highest BCUT2D eigenvalue weighted by molar-refractivity contribution is 9.10. The number of benzene rings is 1. The van der Waals surface area contributed by atoms with E-state index >= 15 is 0 Å². The molecule has 1 amide bonds. The lowest BCUT2D eigenvalue weighted by atomic mass is 9.73. The van der Waals surface area contributed by atoms with E-state index in [0.717, 1.165) is 10.0 Å². The third-order valence-corrected chi connectivity index (χ3v) is 4.24. The van der Waals surface area contributed by atoms with Gasteiger partial charge in [-0.05, 0) is 43.5 Å². The first-order valence-corrected chi connectivity index (χ1v) is 6.58. The van der Waals surface area contributed by atoms with E-state index in [9.17, 15) is 9.59 Å². The van der Waals surface area contributed by atoms with Gasteiger partial charge in [0.1, 0.15) is 0 Å². The average Bonchev–Trinajstić information content (AvgIpc) is 2.20. The molecule has 2 unspecified atom stereocenters. The van der Waals surface area contributed by atoms with Gasteiger partial charge < -0.3 is 10.4 Å². The minimum Gasteiger partial charge on any atom is -0.481 e. The monoisotopic (exact) mass is 311 g/mol. The van der Waals surface area contributed by atoms with Crippen molar-refractivity contribution in [1.82, 2.24) is 0 Å². The SMILES string of the molecule is Cc1cc(NC(=O)C2CCC2C(=O)O)ccc1Br. The van der Waals surface area contributed by atoms with E-state index in [0.29, 0.717) is 18.5 Å². The van der Waals surface area contributed by atoms with E-state index in [-0.39, 0.29) is 5.91 Å². The highest BCUT2D eigenvalue weighted by Crippen LogP contribution is 2.35. The highest BCUT2D eigenvalue weighted by Gasteiger charge is 2.41. The molecule has 1 fully saturated rings. The van der Waals surface area contributed by atoms with E-state index in [1.807, 2.05) is 19.1 Å². The first-order valence-electron chi connectivity index (χ1n) is 5.79. The molecule has 5 heteroatoms. The summed E-state index contributed by atoms with van der Waals surface area (Å²) in [6.07, 6.45) is 1.24. The second-order valence-corrected chi connectivity index (χ2v) is 5.44. The molecule has 1 aliphatic carbocycles. The van der Waals surface area contributed by atoms with Gasteiger partial charge in [0.25, 0.3) is 0 Å². The number of hydrogen-bond donors (Lipinski definition) is 2. The van der Waals surface area contributed by atoms with E-state index in [2.05, 4.69) is 21.2 Å². The Hall–Kier alpha value is -1.36. The molecule has 18 heavy (non-hydrogen) atoms. The van der Waals surface area contributed by atoms with Gasteiger partial charge >= 0.3 is 5.97 Å². The van der Waals surface area contributed by atoms with Crippen molar-refractivity contribution in [3.8, 4) is 0 Å². The number of anilines is 1. The molecule has 0 bridgehead atoms.